The third-order valence-electron chi connectivity index (χ3n) is 2.71. The number of nitrogen functional groups attached to an aromatic ring is 1. The van der Waals surface area contributed by atoms with Gasteiger partial charge in [-0.2, -0.15) is 0 Å². The second-order valence-electron chi connectivity index (χ2n) is 3.89. The fourth-order valence-electron chi connectivity index (χ4n) is 1.59. The Morgan fingerprint density at radius 1 is 1.50 bits per heavy atom. The van der Waals surface area contributed by atoms with Crippen LogP contribution in [0.3, 0.4) is 0 Å². The number of carbonyl (C=O) groups is 1. The van der Waals surface area contributed by atoms with Crippen molar-refractivity contribution in [3.8, 4) is 0 Å². The minimum atomic E-state index is -0.244. The van der Waals surface area contributed by atoms with E-state index >= 15 is 0 Å². The standard InChI is InChI=1S/C12H19ClN4O/c1-3-17(4-2)6-5-15-12(18)10-7-9(14)8-16-11(10)13/h7-8H,3-6,14H2,1-2H3,(H,15,18). The van der Waals surface area contributed by atoms with Gasteiger partial charge in [0.2, 0.25) is 0 Å². The van der Waals surface area contributed by atoms with Gasteiger partial charge < -0.3 is 16.0 Å². The van der Waals surface area contributed by atoms with E-state index in [1.54, 1.807) is 0 Å². The predicted molar refractivity (Wildman–Crippen MR) is 73.8 cm³/mol. The summed E-state index contributed by atoms with van der Waals surface area (Å²) in [5.41, 5.74) is 6.32. The van der Waals surface area contributed by atoms with E-state index in [0.29, 0.717) is 17.8 Å². The molecule has 0 aliphatic carbocycles. The zero-order chi connectivity index (χ0) is 13.5. The molecule has 1 heterocycles. The summed E-state index contributed by atoms with van der Waals surface area (Å²) in [5.74, 6) is -0.244. The highest BCUT2D eigenvalue weighted by molar-refractivity contribution is 6.32. The van der Waals surface area contributed by atoms with Crippen molar-refractivity contribution in [3.05, 3.63) is 23.0 Å². The molecule has 0 aliphatic rings. The first kappa shape index (κ1) is 14.7. The smallest absolute Gasteiger partial charge is 0.254 e. The Labute approximate surface area is 112 Å². The second-order valence-corrected chi connectivity index (χ2v) is 4.25. The highest BCUT2D eigenvalue weighted by Crippen LogP contribution is 2.15. The van der Waals surface area contributed by atoms with Crippen LogP contribution < -0.4 is 11.1 Å². The van der Waals surface area contributed by atoms with Gasteiger partial charge in [-0.1, -0.05) is 25.4 Å². The Morgan fingerprint density at radius 3 is 2.78 bits per heavy atom. The van der Waals surface area contributed by atoms with Crippen LogP contribution in [0.5, 0.6) is 0 Å². The second kappa shape index (κ2) is 7.18. The largest absolute Gasteiger partial charge is 0.397 e. The molecule has 100 valence electrons. The van der Waals surface area contributed by atoms with Gasteiger partial charge in [0.1, 0.15) is 5.15 Å². The van der Waals surface area contributed by atoms with Gasteiger partial charge in [-0.3, -0.25) is 4.79 Å². The summed E-state index contributed by atoms with van der Waals surface area (Å²) in [6.07, 6.45) is 1.43. The SMILES string of the molecule is CCN(CC)CCNC(=O)c1cc(N)cnc1Cl. The number of pyridine rings is 1. The van der Waals surface area contributed by atoms with Crippen LogP contribution in [0.1, 0.15) is 24.2 Å². The van der Waals surface area contributed by atoms with Gasteiger partial charge in [-0.15, -0.1) is 0 Å². The molecule has 0 saturated heterocycles. The van der Waals surface area contributed by atoms with E-state index in [9.17, 15) is 4.79 Å². The number of amides is 1. The number of likely N-dealkylation sites (N-methyl/N-ethyl adjacent to an activating group) is 1. The van der Waals surface area contributed by atoms with Crippen molar-refractivity contribution in [2.75, 3.05) is 31.9 Å². The number of nitrogens with two attached hydrogens (primary N) is 1. The molecule has 0 radical (unpaired) electrons. The molecule has 1 aromatic heterocycles. The molecule has 3 N–H and O–H groups in total. The van der Waals surface area contributed by atoms with Crippen LogP contribution in [-0.2, 0) is 0 Å². The van der Waals surface area contributed by atoms with E-state index in [0.717, 1.165) is 19.6 Å². The number of nitrogens with zero attached hydrogens (tertiary/aromatic N) is 2. The number of anilines is 1. The highest BCUT2D eigenvalue weighted by Gasteiger charge is 2.11. The maximum Gasteiger partial charge on any atom is 0.254 e. The zero-order valence-corrected chi connectivity index (χ0v) is 11.5. The lowest BCUT2D eigenvalue weighted by Crippen LogP contribution is -2.35. The maximum atomic E-state index is 11.9. The third kappa shape index (κ3) is 4.16. The van der Waals surface area contributed by atoms with Gasteiger partial charge in [0.05, 0.1) is 17.4 Å². The topological polar surface area (TPSA) is 71.2 Å². The summed E-state index contributed by atoms with van der Waals surface area (Å²) < 4.78 is 0. The molecule has 0 fully saturated rings. The van der Waals surface area contributed by atoms with Gasteiger partial charge in [0.25, 0.3) is 5.91 Å². The van der Waals surface area contributed by atoms with Crippen molar-refractivity contribution < 1.29 is 4.79 Å². The van der Waals surface area contributed by atoms with Crippen LogP contribution in [0.25, 0.3) is 0 Å². The van der Waals surface area contributed by atoms with Crippen molar-refractivity contribution in [2.24, 2.45) is 0 Å². The van der Waals surface area contributed by atoms with Crippen LogP contribution in [0.2, 0.25) is 5.15 Å². The van der Waals surface area contributed by atoms with Crippen LogP contribution in [0, 0.1) is 0 Å². The minimum Gasteiger partial charge on any atom is -0.397 e. The molecule has 18 heavy (non-hydrogen) atoms. The molecule has 1 aromatic rings. The van der Waals surface area contributed by atoms with Crippen LogP contribution in [0.4, 0.5) is 5.69 Å². The van der Waals surface area contributed by atoms with Crippen molar-refractivity contribution >= 4 is 23.2 Å². The summed E-state index contributed by atoms with van der Waals surface area (Å²) in [5, 5.41) is 2.98. The van der Waals surface area contributed by atoms with Crippen molar-refractivity contribution in [1.82, 2.24) is 15.2 Å². The van der Waals surface area contributed by atoms with Gasteiger partial charge in [-0.25, -0.2) is 4.98 Å². The lowest BCUT2D eigenvalue weighted by Gasteiger charge is -2.18. The Bertz CT molecular complexity index is 407. The molecule has 0 saturated carbocycles. The first-order chi connectivity index (χ1) is 8.58. The Morgan fingerprint density at radius 2 is 2.17 bits per heavy atom. The number of halogens is 1. The van der Waals surface area contributed by atoms with Gasteiger partial charge in [0.15, 0.2) is 0 Å². The fraction of sp³-hybridized carbons (Fsp3) is 0.500. The average Bonchev–Trinajstić information content (AvgIpc) is 2.37. The van der Waals surface area contributed by atoms with Gasteiger partial charge >= 0.3 is 0 Å². The summed E-state index contributed by atoms with van der Waals surface area (Å²) in [7, 11) is 0. The van der Waals surface area contributed by atoms with Crippen LogP contribution >= 0.6 is 11.6 Å². The lowest BCUT2D eigenvalue weighted by molar-refractivity contribution is 0.0949. The predicted octanol–water partition coefficient (Wildman–Crippen LogP) is 1.39. The molecular weight excluding hydrogens is 252 g/mol. The average molecular weight is 271 g/mol. The molecule has 0 unspecified atom stereocenters. The van der Waals surface area contributed by atoms with Crippen LogP contribution in [0.15, 0.2) is 12.3 Å². The van der Waals surface area contributed by atoms with Crippen molar-refractivity contribution in [1.29, 1.82) is 0 Å². The quantitative estimate of drug-likeness (QED) is 0.767. The molecular formula is C12H19ClN4O. The van der Waals surface area contributed by atoms with E-state index in [4.69, 9.17) is 17.3 Å². The van der Waals surface area contributed by atoms with E-state index in [-0.39, 0.29) is 11.1 Å². The first-order valence-corrected chi connectivity index (χ1v) is 6.37. The summed E-state index contributed by atoms with van der Waals surface area (Å²) in [6, 6.07) is 1.53. The normalized spacial score (nSPS) is 10.7. The van der Waals surface area contributed by atoms with E-state index in [1.807, 2.05) is 0 Å². The van der Waals surface area contributed by atoms with Crippen molar-refractivity contribution in [2.45, 2.75) is 13.8 Å². The van der Waals surface area contributed by atoms with E-state index < -0.39 is 0 Å². The van der Waals surface area contributed by atoms with Gasteiger partial charge in [0, 0.05) is 13.1 Å². The summed E-state index contributed by atoms with van der Waals surface area (Å²) >= 11 is 5.85. The molecule has 5 nitrogen and oxygen atoms in total. The molecule has 0 bridgehead atoms. The number of carbonyl (C=O) groups excluding carboxylic acids is 1. The Balaban J connectivity index is 2.53. The Hall–Kier alpha value is -1.33. The third-order valence-corrected chi connectivity index (χ3v) is 3.01. The first-order valence-electron chi connectivity index (χ1n) is 6.00. The number of rotatable bonds is 6. The zero-order valence-electron chi connectivity index (χ0n) is 10.7. The molecule has 1 rings (SSSR count). The number of aromatic nitrogens is 1. The minimum absolute atomic E-state index is 0.171. The molecule has 0 spiro atoms. The number of hydrogen-bond acceptors (Lipinski definition) is 4. The molecule has 1 amide bonds. The Kier molecular flexibility index (Phi) is 5.88. The van der Waals surface area contributed by atoms with E-state index in [1.165, 1.54) is 12.3 Å². The molecule has 0 aliphatic heterocycles. The summed E-state index contributed by atoms with van der Waals surface area (Å²) in [4.78, 5) is 17.9. The number of hydrogen-bond donors (Lipinski definition) is 2. The lowest BCUT2D eigenvalue weighted by atomic mass is 10.2. The van der Waals surface area contributed by atoms with Crippen molar-refractivity contribution in [3.63, 3.8) is 0 Å². The highest BCUT2D eigenvalue weighted by atomic mass is 35.5. The van der Waals surface area contributed by atoms with Gasteiger partial charge in [-0.05, 0) is 19.2 Å². The summed E-state index contributed by atoms with van der Waals surface area (Å²) in [6.45, 7) is 7.49. The number of nitrogens with one attached hydrogen (secondary N) is 1. The molecule has 6 heteroatoms. The maximum absolute atomic E-state index is 11.9. The fourth-order valence-corrected chi connectivity index (χ4v) is 1.78. The monoisotopic (exact) mass is 270 g/mol. The molecule has 0 atom stereocenters. The van der Waals surface area contributed by atoms with Crippen LogP contribution in [-0.4, -0.2) is 42.0 Å². The molecule has 0 aromatic carbocycles. The van der Waals surface area contributed by atoms with E-state index in [2.05, 4.69) is 29.0 Å².